The highest BCUT2D eigenvalue weighted by atomic mass is 35.5. The minimum absolute atomic E-state index is 0.0362. The van der Waals surface area contributed by atoms with Crippen LogP contribution in [0.15, 0.2) is 36.4 Å². The van der Waals surface area contributed by atoms with Gasteiger partial charge in [-0.15, -0.1) is 0 Å². The number of halogens is 10. The van der Waals surface area contributed by atoms with Crippen LogP contribution < -0.4 is 0 Å². The van der Waals surface area contributed by atoms with Gasteiger partial charge in [-0.3, -0.25) is 9.59 Å². The van der Waals surface area contributed by atoms with Crippen LogP contribution in [0, 0.1) is 17.2 Å². The van der Waals surface area contributed by atoms with Crippen molar-refractivity contribution in [2.45, 2.75) is 50.9 Å². The van der Waals surface area contributed by atoms with E-state index in [0.717, 1.165) is 18.2 Å². The van der Waals surface area contributed by atoms with E-state index in [-0.39, 0.29) is 52.3 Å². The van der Waals surface area contributed by atoms with Crippen molar-refractivity contribution >= 4 is 52.2 Å². The Hall–Kier alpha value is -2.61. The molecule has 0 N–H and O–H groups in total. The Morgan fingerprint density at radius 2 is 1.59 bits per heavy atom. The molecule has 0 aliphatic rings. The molecule has 39 heavy (non-hydrogen) atoms. The van der Waals surface area contributed by atoms with Gasteiger partial charge in [-0.1, -0.05) is 53.9 Å². The maximum Gasteiger partial charge on any atom is 0.417 e. The number of rotatable bonds is 10. The molecule has 0 saturated heterocycles. The van der Waals surface area contributed by atoms with Crippen LogP contribution in [-0.4, -0.2) is 17.7 Å². The molecule has 0 aliphatic carbocycles. The lowest BCUT2D eigenvalue weighted by Gasteiger charge is -2.19. The molecule has 2 aromatic carbocycles. The summed E-state index contributed by atoms with van der Waals surface area (Å²) in [7, 11) is 0. The molecule has 2 aromatic rings. The van der Waals surface area contributed by atoms with Crippen LogP contribution in [-0.2, 0) is 11.0 Å². The van der Waals surface area contributed by atoms with Gasteiger partial charge in [0.05, 0.1) is 26.7 Å². The van der Waals surface area contributed by atoms with Crippen molar-refractivity contribution in [2.75, 3.05) is 0 Å². The molecule has 0 fully saturated rings. The Kier molecular flexibility index (Phi) is 11.0. The topological polar surface area (TPSA) is 57.9 Å². The van der Waals surface area contributed by atoms with Crippen molar-refractivity contribution in [3.8, 4) is 6.07 Å². The minimum atomic E-state index is -5.15. The van der Waals surface area contributed by atoms with Gasteiger partial charge in [-0.2, -0.15) is 31.6 Å². The Morgan fingerprint density at radius 1 is 1.00 bits per heavy atom. The molecule has 0 spiro atoms. The van der Waals surface area contributed by atoms with Gasteiger partial charge in [-0.25, -0.2) is 4.39 Å². The normalized spacial score (nSPS) is 14.1. The molecule has 0 radical (unpaired) electrons. The predicted molar refractivity (Wildman–Crippen MR) is 133 cm³/mol. The molecule has 210 valence electrons. The Bertz CT molecular complexity index is 1290. The third-order valence-corrected chi connectivity index (χ3v) is 6.75. The fourth-order valence-corrected chi connectivity index (χ4v) is 4.35. The zero-order chi connectivity index (χ0) is 29.7. The predicted octanol–water partition coefficient (Wildman–Crippen LogP) is 9.79. The van der Waals surface area contributed by atoms with Crippen molar-refractivity contribution in [3.05, 3.63) is 73.7 Å². The van der Waals surface area contributed by atoms with Gasteiger partial charge in [0.15, 0.2) is 5.78 Å². The molecule has 0 aromatic heterocycles. The number of Topliss-reactive ketones (excluding diaryl/α,β-unsaturated/α-hetero) is 2. The summed E-state index contributed by atoms with van der Waals surface area (Å²) in [6, 6.07) is 5.09. The maximum absolute atomic E-state index is 15.0. The third kappa shape index (κ3) is 8.95. The van der Waals surface area contributed by atoms with E-state index >= 15 is 0 Å². The molecular formula is C26H19Cl3F7NO2. The van der Waals surface area contributed by atoms with Crippen LogP contribution in [0.2, 0.25) is 15.1 Å². The second-order valence-electron chi connectivity index (χ2n) is 8.72. The second kappa shape index (κ2) is 13.2. The number of ketones is 2. The lowest BCUT2D eigenvalue weighted by atomic mass is 9.91. The maximum atomic E-state index is 15.0. The van der Waals surface area contributed by atoms with E-state index < -0.39 is 64.5 Å². The molecule has 0 aliphatic heterocycles. The molecular weight excluding hydrogens is 598 g/mol. The fraction of sp³-hybridized carbons (Fsp3) is 0.346. The van der Waals surface area contributed by atoms with Crippen LogP contribution in [0.3, 0.4) is 0 Å². The SMILES string of the molecule is C[C@H](CC(=O)CCC#N)CC(=O)c1ccc(/C(F)=C/C(c2cc(Cl)c(Cl)c(Cl)c2)C(F)(F)F)cc1C(F)(F)F. The monoisotopic (exact) mass is 615 g/mol. The Labute approximate surface area is 234 Å². The first-order chi connectivity index (χ1) is 17.9. The molecule has 2 atom stereocenters. The van der Waals surface area contributed by atoms with Gasteiger partial charge in [-0.05, 0) is 35.8 Å². The summed E-state index contributed by atoms with van der Waals surface area (Å²) < 4.78 is 97.6. The highest BCUT2D eigenvalue weighted by Crippen LogP contribution is 2.43. The van der Waals surface area contributed by atoms with E-state index in [2.05, 4.69) is 0 Å². The minimum Gasteiger partial charge on any atom is -0.300 e. The largest absolute Gasteiger partial charge is 0.417 e. The van der Waals surface area contributed by atoms with Gasteiger partial charge in [0.25, 0.3) is 0 Å². The summed E-state index contributed by atoms with van der Waals surface area (Å²) in [4.78, 5) is 24.4. The average molecular weight is 617 g/mol. The molecule has 0 saturated carbocycles. The molecule has 0 heterocycles. The van der Waals surface area contributed by atoms with Crippen molar-refractivity contribution in [1.29, 1.82) is 5.26 Å². The van der Waals surface area contributed by atoms with E-state index in [9.17, 15) is 40.3 Å². The smallest absolute Gasteiger partial charge is 0.300 e. The molecule has 13 heteroatoms. The lowest BCUT2D eigenvalue weighted by molar-refractivity contribution is -0.140. The zero-order valence-electron chi connectivity index (χ0n) is 20.0. The number of benzene rings is 2. The van der Waals surface area contributed by atoms with E-state index in [0.29, 0.717) is 6.07 Å². The lowest BCUT2D eigenvalue weighted by Crippen LogP contribution is -2.19. The molecule has 0 amide bonds. The highest BCUT2D eigenvalue weighted by molar-refractivity contribution is 6.48. The van der Waals surface area contributed by atoms with Gasteiger partial charge in [0, 0.05) is 36.8 Å². The summed E-state index contributed by atoms with van der Waals surface area (Å²) in [5, 5.41) is 7.61. The second-order valence-corrected chi connectivity index (χ2v) is 9.92. The standard InChI is InChI=1S/C26H19Cl3F7NO2/c1-13(7-16(38)3-2-6-37)8-23(39)17-5-4-14(9-19(17)26(34,35)36)22(30)12-18(25(31,32)33)15-10-20(27)24(29)21(28)11-15/h4-5,9-13,18H,2-3,7-8H2,1H3/b22-12-/t13-,18?/m1/s1. The van der Waals surface area contributed by atoms with Crippen LogP contribution in [0.5, 0.6) is 0 Å². The van der Waals surface area contributed by atoms with E-state index in [1.165, 1.54) is 6.92 Å². The first-order valence-corrected chi connectivity index (χ1v) is 12.3. The Balaban J connectivity index is 2.45. The number of allylic oxidation sites excluding steroid dienone is 1. The first-order valence-electron chi connectivity index (χ1n) is 11.2. The van der Waals surface area contributed by atoms with Crippen LogP contribution in [0.4, 0.5) is 30.7 Å². The van der Waals surface area contributed by atoms with Crippen molar-refractivity contribution < 1.29 is 40.3 Å². The number of nitriles is 1. The van der Waals surface area contributed by atoms with Crippen LogP contribution in [0.25, 0.3) is 5.83 Å². The van der Waals surface area contributed by atoms with E-state index in [1.54, 1.807) is 6.07 Å². The van der Waals surface area contributed by atoms with Crippen molar-refractivity contribution in [3.63, 3.8) is 0 Å². The van der Waals surface area contributed by atoms with Crippen molar-refractivity contribution in [2.24, 2.45) is 5.92 Å². The van der Waals surface area contributed by atoms with E-state index in [1.807, 2.05) is 0 Å². The molecule has 3 nitrogen and oxygen atoms in total. The zero-order valence-corrected chi connectivity index (χ0v) is 22.3. The van der Waals surface area contributed by atoms with Gasteiger partial charge < -0.3 is 0 Å². The number of alkyl halides is 6. The number of hydrogen-bond acceptors (Lipinski definition) is 3. The third-order valence-electron chi connectivity index (χ3n) is 5.56. The quantitative estimate of drug-likeness (QED) is 0.152. The first kappa shape index (κ1) is 32.6. The number of carbonyl (C=O) groups excluding carboxylic acids is 2. The molecule has 1 unspecified atom stereocenters. The van der Waals surface area contributed by atoms with Crippen LogP contribution in [0.1, 0.15) is 65.6 Å². The van der Waals surface area contributed by atoms with Gasteiger partial charge in [0.2, 0.25) is 0 Å². The molecule has 0 bridgehead atoms. The van der Waals surface area contributed by atoms with Crippen LogP contribution >= 0.6 is 34.8 Å². The summed E-state index contributed by atoms with van der Waals surface area (Å²) in [6.07, 6.45) is -10.8. The Morgan fingerprint density at radius 3 is 2.10 bits per heavy atom. The van der Waals surface area contributed by atoms with Crippen molar-refractivity contribution in [1.82, 2.24) is 0 Å². The summed E-state index contributed by atoms with van der Waals surface area (Å²) in [6.45, 7) is 1.47. The van der Waals surface area contributed by atoms with Gasteiger partial charge >= 0.3 is 12.4 Å². The number of carbonyl (C=O) groups is 2. The fourth-order valence-electron chi connectivity index (χ4n) is 3.73. The summed E-state index contributed by atoms with van der Waals surface area (Å²) >= 11 is 17.3. The molecule has 2 rings (SSSR count). The highest BCUT2D eigenvalue weighted by Gasteiger charge is 2.41. The number of nitrogens with zero attached hydrogens (tertiary/aromatic N) is 1. The van der Waals surface area contributed by atoms with E-state index in [4.69, 9.17) is 40.1 Å². The summed E-state index contributed by atoms with van der Waals surface area (Å²) in [5.41, 5.74) is -3.81. The number of hydrogen-bond donors (Lipinski definition) is 0. The summed E-state index contributed by atoms with van der Waals surface area (Å²) in [5.74, 6) is -6.25. The van der Waals surface area contributed by atoms with Gasteiger partial charge in [0.1, 0.15) is 17.5 Å². The average Bonchev–Trinajstić information content (AvgIpc) is 2.82.